The van der Waals surface area contributed by atoms with Crippen LogP contribution in [-0.2, 0) is 6.42 Å². The van der Waals surface area contributed by atoms with E-state index >= 15 is 0 Å². The zero-order chi connectivity index (χ0) is 11.4. The van der Waals surface area contributed by atoms with Gasteiger partial charge >= 0.3 is 0 Å². The molecule has 0 bridgehead atoms. The van der Waals surface area contributed by atoms with Crippen molar-refractivity contribution in [3.63, 3.8) is 0 Å². The minimum Gasteiger partial charge on any atom is -0.271 e. The van der Waals surface area contributed by atoms with Gasteiger partial charge in [-0.2, -0.15) is 0 Å². The predicted molar refractivity (Wildman–Crippen MR) is 67.8 cm³/mol. The molecule has 1 saturated carbocycles. The topological polar surface area (TPSA) is 38.0 Å². The first kappa shape index (κ1) is 11.6. The molecule has 1 fully saturated rings. The normalized spacial score (nSPS) is 25.4. The van der Waals surface area contributed by atoms with Gasteiger partial charge in [0.2, 0.25) is 0 Å². The lowest BCUT2D eigenvalue weighted by molar-refractivity contribution is 0.419. The maximum atomic E-state index is 5.61. The molecule has 2 nitrogen and oxygen atoms in total. The second kappa shape index (κ2) is 5.46. The van der Waals surface area contributed by atoms with Gasteiger partial charge in [-0.25, -0.2) is 0 Å². The average molecular weight is 218 g/mol. The van der Waals surface area contributed by atoms with Crippen LogP contribution in [0.25, 0.3) is 0 Å². The summed E-state index contributed by atoms with van der Waals surface area (Å²) in [6.07, 6.45) is 4.93. The molecule has 0 saturated heterocycles. The van der Waals surface area contributed by atoms with Crippen molar-refractivity contribution in [2.45, 2.75) is 38.6 Å². The molecule has 0 spiro atoms. The molecule has 0 aromatic heterocycles. The van der Waals surface area contributed by atoms with Crippen LogP contribution < -0.4 is 11.3 Å². The van der Waals surface area contributed by atoms with Crippen LogP contribution in [0.3, 0.4) is 0 Å². The number of rotatable bonds is 6. The third-order valence-corrected chi connectivity index (χ3v) is 3.73. The molecule has 3 atom stereocenters. The number of aryl methyl sites for hydroxylation is 1. The van der Waals surface area contributed by atoms with E-state index in [1.165, 1.54) is 31.2 Å². The van der Waals surface area contributed by atoms with E-state index in [4.69, 9.17) is 5.84 Å². The summed E-state index contributed by atoms with van der Waals surface area (Å²) in [7, 11) is 0. The number of nitrogens with one attached hydrogen (secondary N) is 1. The van der Waals surface area contributed by atoms with Crippen LogP contribution in [0.2, 0.25) is 0 Å². The molecule has 1 aliphatic rings. The first-order valence-corrected chi connectivity index (χ1v) is 6.31. The van der Waals surface area contributed by atoms with Crippen LogP contribution >= 0.6 is 0 Å². The zero-order valence-corrected chi connectivity index (χ0v) is 10.0. The lowest BCUT2D eigenvalue weighted by atomic mass is 10.0. The van der Waals surface area contributed by atoms with E-state index in [2.05, 4.69) is 42.7 Å². The van der Waals surface area contributed by atoms with Crippen molar-refractivity contribution in [3.8, 4) is 0 Å². The first-order valence-electron chi connectivity index (χ1n) is 6.31. The molecule has 88 valence electrons. The van der Waals surface area contributed by atoms with E-state index in [9.17, 15) is 0 Å². The van der Waals surface area contributed by atoms with E-state index in [1.807, 2.05) is 0 Å². The average Bonchev–Trinajstić information content (AvgIpc) is 3.03. The third-order valence-electron chi connectivity index (χ3n) is 3.73. The molecule has 1 aliphatic carbocycles. The van der Waals surface area contributed by atoms with Crippen molar-refractivity contribution in [2.24, 2.45) is 17.7 Å². The Morgan fingerprint density at radius 1 is 1.38 bits per heavy atom. The maximum absolute atomic E-state index is 5.61. The third kappa shape index (κ3) is 3.06. The van der Waals surface area contributed by atoms with Crippen LogP contribution in [0.4, 0.5) is 0 Å². The minimum absolute atomic E-state index is 0.527. The molecular formula is C14H22N2. The number of benzene rings is 1. The van der Waals surface area contributed by atoms with Gasteiger partial charge in [-0.1, -0.05) is 37.3 Å². The summed E-state index contributed by atoms with van der Waals surface area (Å²) in [4.78, 5) is 0. The van der Waals surface area contributed by atoms with Crippen LogP contribution in [0.1, 0.15) is 31.7 Å². The van der Waals surface area contributed by atoms with Gasteiger partial charge < -0.3 is 0 Å². The van der Waals surface area contributed by atoms with E-state index in [0.29, 0.717) is 6.04 Å². The van der Waals surface area contributed by atoms with E-state index < -0.39 is 0 Å². The fraction of sp³-hybridized carbons (Fsp3) is 0.571. The fourth-order valence-electron chi connectivity index (χ4n) is 2.50. The van der Waals surface area contributed by atoms with Crippen molar-refractivity contribution >= 4 is 0 Å². The summed E-state index contributed by atoms with van der Waals surface area (Å²) in [6.45, 7) is 2.31. The van der Waals surface area contributed by atoms with Gasteiger partial charge in [-0.05, 0) is 43.1 Å². The van der Waals surface area contributed by atoms with Crippen molar-refractivity contribution in [1.29, 1.82) is 0 Å². The summed E-state index contributed by atoms with van der Waals surface area (Å²) in [5, 5.41) is 0. The summed E-state index contributed by atoms with van der Waals surface area (Å²) in [5.74, 6) is 7.30. The van der Waals surface area contributed by atoms with E-state index in [1.54, 1.807) is 0 Å². The Morgan fingerprint density at radius 3 is 2.62 bits per heavy atom. The Morgan fingerprint density at radius 2 is 2.06 bits per heavy atom. The molecule has 2 rings (SSSR count). The molecule has 2 heteroatoms. The number of nitrogens with two attached hydrogens (primary N) is 1. The summed E-state index contributed by atoms with van der Waals surface area (Å²) in [5.41, 5.74) is 4.41. The molecule has 0 aliphatic heterocycles. The molecule has 0 radical (unpaired) electrons. The first-order chi connectivity index (χ1) is 7.81. The van der Waals surface area contributed by atoms with Gasteiger partial charge in [-0.3, -0.25) is 11.3 Å². The maximum Gasteiger partial charge on any atom is 0.0241 e. The van der Waals surface area contributed by atoms with Crippen molar-refractivity contribution in [2.75, 3.05) is 0 Å². The Kier molecular flexibility index (Phi) is 3.97. The number of hydrogen-bond donors (Lipinski definition) is 2. The standard InChI is InChI=1S/C14H22N2/c1-11-10-13(11)14(16-15)9-5-8-12-6-3-2-4-7-12/h2-4,6-7,11,13-14,16H,5,8-10,15H2,1H3. The molecule has 1 aromatic rings. The van der Waals surface area contributed by atoms with Gasteiger partial charge in [0.05, 0.1) is 0 Å². The summed E-state index contributed by atoms with van der Waals surface area (Å²) in [6, 6.07) is 11.2. The van der Waals surface area contributed by atoms with E-state index in [0.717, 1.165) is 11.8 Å². The predicted octanol–water partition coefficient (Wildman–Crippen LogP) is 2.50. The van der Waals surface area contributed by atoms with Crippen LogP contribution in [0, 0.1) is 11.8 Å². The number of hydrogen-bond acceptors (Lipinski definition) is 2. The van der Waals surface area contributed by atoms with Gasteiger partial charge in [0.15, 0.2) is 0 Å². The highest BCUT2D eigenvalue weighted by molar-refractivity contribution is 5.14. The molecule has 0 heterocycles. The van der Waals surface area contributed by atoms with Gasteiger partial charge in [0.25, 0.3) is 0 Å². The monoisotopic (exact) mass is 218 g/mol. The zero-order valence-electron chi connectivity index (χ0n) is 10.0. The van der Waals surface area contributed by atoms with Gasteiger partial charge in [0, 0.05) is 6.04 Å². The second-order valence-corrected chi connectivity index (χ2v) is 5.03. The highest BCUT2D eigenvalue weighted by Crippen LogP contribution is 2.41. The Labute approximate surface area is 98.2 Å². The lowest BCUT2D eigenvalue weighted by Gasteiger charge is -2.15. The highest BCUT2D eigenvalue weighted by Gasteiger charge is 2.38. The number of hydrazine groups is 1. The molecule has 3 N–H and O–H groups in total. The largest absolute Gasteiger partial charge is 0.271 e. The Balaban J connectivity index is 1.71. The Hall–Kier alpha value is -0.860. The summed E-state index contributed by atoms with van der Waals surface area (Å²) >= 11 is 0. The molecule has 16 heavy (non-hydrogen) atoms. The van der Waals surface area contributed by atoms with Crippen molar-refractivity contribution in [1.82, 2.24) is 5.43 Å². The molecular weight excluding hydrogens is 196 g/mol. The SMILES string of the molecule is CC1CC1C(CCCc1ccccc1)NN. The van der Waals surface area contributed by atoms with Crippen molar-refractivity contribution in [3.05, 3.63) is 35.9 Å². The van der Waals surface area contributed by atoms with Crippen LogP contribution in [-0.4, -0.2) is 6.04 Å². The molecule has 1 aromatic carbocycles. The smallest absolute Gasteiger partial charge is 0.0241 e. The van der Waals surface area contributed by atoms with Crippen LogP contribution in [0.5, 0.6) is 0 Å². The lowest BCUT2D eigenvalue weighted by Crippen LogP contribution is -2.37. The quantitative estimate of drug-likeness (QED) is 0.568. The van der Waals surface area contributed by atoms with E-state index in [-0.39, 0.29) is 0 Å². The molecule has 3 unspecified atom stereocenters. The minimum atomic E-state index is 0.527. The highest BCUT2D eigenvalue weighted by atomic mass is 15.2. The van der Waals surface area contributed by atoms with Crippen LogP contribution in [0.15, 0.2) is 30.3 Å². The van der Waals surface area contributed by atoms with Gasteiger partial charge in [0.1, 0.15) is 0 Å². The van der Waals surface area contributed by atoms with Crippen molar-refractivity contribution < 1.29 is 0 Å². The Bertz CT molecular complexity index is 310. The second-order valence-electron chi connectivity index (χ2n) is 5.03. The molecule has 0 amide bonds. The summed E-state index contributed by atoms with van der Waals surface area (Å²) < 4.78 is 0. The fourth-order valence-corrected chi connectivity index (χ4v) is 2.50. The van der Waals surface area contributed by atoms with Gasteiger partial charge in [-0.15, -0.1) is 0 Å².